The summed E-state index contributed by atoms with van der Waals surface area (Å²) in [5.41, 5.74) is 2.47. The maximum absolute atomic E-state index is 12.5. The van der Waals surface area contributed by atoms with Crippen molar-refractivity contribution < 1.29 is 14.4 Å². The van der Waals surface area contributed by atoms with Crippen LogP contribution in [0.5, 0.6) is 0 Å². The van der Waals surface area contributed by atoms with E-state index in [0.29, 0.717) is 36.7 Å². The Hall–Kier alpha value is -2.87. The molecule has 0 bridgehead atoms. The summed E-state index contributed by atoms with van der Waals surface area (Å²) in [6, 6.07) is 13.7. The molecule has 0 aliphatic heterocycles. The number of carbonyl (C=O) groups excluding carboxylic acids is 3. The van der Waals surface area contributed by atoms with Crippen LogP contribution in [0.25, 0.3) is 0 Å². The number of aryl methyl sites for hydroxylation is 2. The van der Waals surface area contributed by atoms with Gasteiger partial charge in [-0.15, -0.1) is 11.3 Å². The second-order valence-corrected chi connectivity index (χ2v) is 8.64. The third-order valence-electron chi connectivity index (χ3n) is 4.29. The molecule has 0 aliphatic carbocycles. The largest absolute Gasteiger partial charge is 0.342 e. The predicted octanol–water partition coefficient (Wildman–Crippen LogP) is 5.29. The van der Waals surface area contributed by atoms with Gasteiger partial charge in [0.15, 0.2) is 0 Å². The minimum Gasteiger partial charge on any atom is -0.342 e. The van der Waals surface area contributed by atoms with Gasteiger partial charge in [0.2, 0.25) is 5.91 Å². The highest BCUT2D eigenvalue weighted by molar-refractivity contribution is 7.18. The van der Waals surface area contributed by atoms with Crippen LogP contribution in [0.1, 0.15) is 31.2 Å². The van der Waals surface area contributed by atoms with E-state index >= 15 is 0 Å². The summed E-state index contributed by atoms with van der Waals surface area (Å²) in [5, 5.41) is 9.25. The molecule has 0 aliphatic rings. The number of benzene rings is 2. The lowest BCUT2D eigenvalue weighted by Gasteiger charge is -2.09. The molecular weight excluding hydrogens is 457 g/mol. The lowest BCUT2D eigenvalue weighted by molar-refractivity contribution is -0.115. The number of rotatable bonds is 6. The number of amides is 3. The molecule has 0 saturated heterocycles. The van der Waals surface area contributed by atoms with Crippen LogP contribution in [0.15, 0.2) is 48.5 Å². The van der Waals surface area contributed by atoms with E-state index in [2.05, 4.69) is 16.0 Å². The molecule has 0 unspecified atom stereocenters. The zero-order chi connectivity index (χ0) is 22.5. The van der Waals surface area contributed by atoms with Crippen LogP contribution in [-0.4, -0.2) is 24.3 Å². The molecular formula is C22H19Cl2N3O3S. The number of halogens is 2. The Morgan fingerprint density at radius 2 is 1.65 bits per heavy atom. The third kappa shape index (κ3) is 5.85. The Bertz CT molecular complexity index is 1160. The molecule has 3 amide bonds. The Labute approximate surface area is 193 Å². The SMILES string of the molecule is Cc1ccc(NC(=O)CNC(=O)c2sc(NC(=O)c3ccccc3Cl)cc2C)c(Cl)c1. The summed E-state index contributed by atoms with van der Waals surface area (Å²) in [5.74, 6) is -1.18. The zero-order valence-electron chi connectivity index (χ0n) is 16.7. The fourth-order valence-electron chi connectivity index (χ4n) is 2.75. The van der Waals surface area contributed by atoms with Gasteiger partial charge in [-0.3, -0.25) is 14.4 Å². The molecule has 0 fully saturated rings. The van der Waals surface area contributed by atoms with Crippen molar-refractivity contribution in [1.29, 1.82) is 0 Å². The fourth-order valence-corrected chi connectivity index (χ4v) is 4.24. The molecule has 0 atom stereocenters. The van der Waals surface area contributed by atoms with E-state index in [4.69, 9.17) is 23.2 Å². The third-order valence-corrected chi connectivity index (χ3v) is 6.08. The molecule has 9 heteroatoms. The first-order chi connectivity index (χ1) is 14.7. The molecule has 3 N–H and O–H groups in total. The molecule has 160 valence electrons. The van der Waals surface area contributed by atoms with Crippen molar-refractivity contribution in [2.75, 3.05) is 17.2 Å². The number of anilines is 2. The molecule has 0 spiro atoms. The lowest BCUT2D eigenvalue weighted by atomic mass is 10.2. The number of nitrogens with one attached hydrogen (secondary N) is 3. The van der Waals surface area contributed by atoms with Crippen LogP contribution < -0.4 is 16.0 Å². The van der Waals surface area contributed by atoms with Crippen molar-refractivity contribution in [3.63, 3.8) is 0 Å². The highest BCUT2D eigenvalue weighted by Gasteiger charge is 2.17. The van der Waals surface area contributed by atoms with Crippen molar-refractivity contribution in [2.45, 2.75) is 13.8 Å². The van der Waals surface area contributed by atoms with Crippen molar-refractivity contribution in [3.8, 4) is 0 Å². The van der Waals surface area contributed by atoms with Crippen molar-refractivity contribution in [2.24, 2.45) is 0 Å². The Morgan fingerprint density at radius 3 is 2.35 bits per heavy atom. The topological polar surface area (TPSA) is 87.3 Å². The molecule has 1 heterocycles. The maximum atomic E-state index is 12.5. The monoisotopic (exact) mass is 475 g/mol. The standard InChI is InChI=1S/C22H19Cl2N3O3S/c1-12-7-8-17(16(24)9-12)26-18(28)11-25-22(30)20-13(2)10-19(31-20)27-21(29)14-5-3-4-6-15(14)23/h3-10H,11H2,1-2H3,(H,25,30)(H,26,28)(H,27,29). The van der Waals surface area contributed by atoms with Crippen LogP contribution in [-0.2, 0) is 4.79 Å². The molecule has 3 rings (SSSR count). The summed E-state index contributed by atoms with van der Waals surface area (Å²) in [6.45, 7) is 3.43. The number of hydrogen-bond donors (Lipinski definition) is 3. The highest BCUT2D eigenvalue weighted by atomic mass is 35.5. The second-order valence-electron chi connectivity index (χ2n) is 6.77. The predicted molar refractivity (Wildman–Crippen MR) is 126 cm³/mol. The van der Waals surface area contributed by atoms with E-state index in [1.807, 2.05) is 13.0 Å². The Balaban J connectivity index is 1.59. The molecule has 0 saturated carbocycles. The average Bonchev–Trinajstić information content (AvgIpc) is 3.08. The lowest BCUT2D eigenvalue weighted by Crippen LogP contribution is -2.32. The first kappa shape index (κ1) is 22.8. The second kappa shape index (κ2) is 9.96. The van der Waals surface area contributed by atoms with E-state index < -0.39 is 11.8 Å². The quantitative estimate of drug-likeness (QED) is 0.452. The van der Waals surface area contributed by atoms with Crippen LogP contribution in [0.2, 0.25) is 10.0 Å². The highest BCUT2D eigenvalue weighted by Crippen LogP contribution is 2.28. The first-order valence-electron chi connectivity index (χ1n) is 9.25. The minimum absolute atomic E-state index is 0.221. The fraction of sp³-hybridized carbons (Fsp3) is 0.136. The van der Waals surface area contributed by atoms with Gasteiger partial charge in [-0.1, -0.05) is 41.4 Å². The summed E-state index contributed by atoms with van der Waals surface area (Å²) in [4.78, 5) is 37.5. The van der Waals surface area contributed by atoms with Gasteiger partial charge in [-0.25, -0.2) is 0 Å². The summed E-state index contributed by atoms with van der Waals surface area (Å²) < 4.78 is 0. The van der Waals surface area contributed by atoms with E-state index in [1.54, 1.807) is 49.4 Å². The van der Waals surface area contributed by atoms with Gasteiger partial charge in [-0.05, 0) is 55.3 Å². The molecule has 0 radical (unpaired) electrons. The van der Waals surface area contributed by atoms with E-state index in [9.17, 15) is 14.4 Å². The van der Waals surface area contributed by atoms with Gasteiger partial charge < -0.3 is 16.0 Å². The summed E-state index contributed by atoms with van der Waals surface area (Å²) in [6.07, 6.45) is 0. The van der Waals surface area contributed by atoms with Gasteiger partial charge in [0, 0.05) is 0 Å². The number of thiophene rings is 1. The van der Waals surface area contributed by atoms with Crippen LogP contribution in [0, 0.1) is 13.8 Å². The van der Waals surface area contributed by atoms with Crippen molar-refractivity contribution >= 4 is 62.9 Å². The van der Waals surface area contributed by atoms with E-state index in [1.165, 1.54) is 0 Å². The normalized spacial score (nSPS) is 10.5. The maximum Gasteiger partial charge on any atom is 0.262 e. The van der Waals surface area contributed by atoms with Gasteiger partial charge in [-0.2, -0.15) is 0 Å². The molecule has 31 heavy (non-hydrogen) atoms. The van der Waals surface area contributed by atoms with E-state index in [0.717, 1.165) is 16.9 Å². The summed E-state index contributed by atoms with van der Waals surface area (Å²) in [7, 11) is 0. The molecule has 3 aromatic rings. The smallest absolute Gasteiger partial charge is 0.262 e. The van der Waals surface area contributed by atoms with E-state index in [-0.39, 0.29) is 12.5 Å². The summed E-state index contributed by atoms with van der Waals surface area (Å²) >= 11 is 13.3. The first-order valence-corrected chi connectivity index (χ1v) is 10.8. The van der Waals surface area contributed by atoms with Crippen molar-refractivity contribution in [1.82, 2.24) is 5.32 Å². The average molecular weight is 476 g/mol. The zero-order valence-corrected chi connectivity index (χ0v) is 19.0. The Kier molecular flexibility index (Phi) is 7.33. The number of carbonyl (C=O) groups is 3. The van der Waals surface area contributed by atoms with Gasteiger partial charge in [0.1, 0.15) is 0 Å². The minimum atomic E-state index is -0.411. The van der Waals surface area contributed by atoms with Crippen LogP contribution in [0.4, 0.5) is 10.7 Å². The number of hydrogen-bond acceptors (Lipinski definition) is 4. The van der Waals surface area contributed by atoms with Crippen LogP contribution in [0.3, 0.4) is 0 Å². The molecule has 2 aromatic carbocycles. The van der Waals surface area contributed by atoms with Gasteiger partial charge in [0.25, 0.3) is 11.8 Å². The molecule has 6 nitrogen and oxygen atoms in total. The van der Waals surface area contributed by atoms with Gasteiger partial charge in [0.05, 0.1) is 37.7 Å². The van der Waals surface area contributed by atoms with Crippen LogP contribution >= 0.6 is 34.5 Å². The van der Waals surface area contributed by atoms with Gasteiger partial charge >= 0.3 is 0 Å². The molecule has 1 aromatic heterocycles. The van der Waals surface area contributed by atoms with Crippen molar-refractivity contribution in [3.05, 3.63) is 80.1 Å². The Morgan fingerprint density at radius 1 is 0.903 bits per heavy atom.